The van der Waals surface area contributed by atoms with Crippen LogP contribution < -0.4 is 15.4 Å². The number of carbonyl (C=O) groups is 2. The average molecular weight is 345 g/mol. The maximum Gasteiger partial charge on any atom is 0.249 e. The zero-order valence-electron chi connectivity index (χ0n) is 14.8. The molecular formula is C17H23N5O3. The summed E-state index contributed by atoms with van der Waals surface area (Å²) in [6.45, 7) is 5.70. The molecule has 134 valence electrons. The van der Waals surface area contributed by atoms with Crippen LogP contribution in [0.1, 0.15) is 27.2 Å². The molecule has 1 aromatic carbocycles. The van der Waals surface area contributed by atoms with Crippen LogP contribution in [0.2, 0.25) is 0 Å². The van der Waals surface area contributed by atoms with E-state index < -0.39 is 5.41 Å². The summed E-state index contributed by atoms with van der Waals surface area (Å²) in [5.41, 5.74) is 0.264. The summed E-state index contributed by atoms with van der Waals surface area (Å²) in [7, 11) is 1.57. The van der Waals surface area contributed by atoms with Gasteiger partial charge in [0.15, 0.2) is 5.82 Å². The maximum absolute atomic E-state index is 11.9. The molecule has 2 aromatic rings. The molecule has 3 N–H and O–H groups in total. The molecule has 0 spiro atoms. The van der Waals surface area contributed by atoms with Crippen molar-refractivity contribution in [2.45, 2.75) is 27.2 Å². The van der Waals surface area contributed by atoms with E-state index in [1.165, 1.54) is 0 Å². The van der Waals surface area contributed by atoms with Crippen LogP contribution in [0.4, 0.5) is 5.95 Å². The van der Waals surface area contributed by atoms with E-state index >= 15 is 0 Å². The molecule has 1 heterocycles. The van der Waals surface area contributed by atoms with Crippen molar-refractivity contribution in [2.75, 3.05) is 19.0 Å². The summed E-state index contributed by atoms with van der Waals surface area (Å²) in [5, 5.41) is 12.1. The summed E-state index contributed by atoms with van der Waals surface area (Å²) in [6.07, 6.45) is 0.139. The van der Waals surface area contributed by atoms with Gasteiger partial charge in [-0.2, -0.15) is 4.98 Å². The molecule has 2 rings (SSSR count). The second-order valence-corrected chi connectivity index (χ2v) is 6.51. The number of methoxy groups -OCH3 is 1. The molecular weight excluding hydrogens is 322 g/mol. The van der Waals surface area contributed by atoms with E-state index in [4.69, 9.17) is 4.74 Å². The van der Waals surface area contributed by atoms with Crippen LogP contribution in [-0.4, -0.2) is 40.7 Å². The molecule has 0 aliphatic carbocycles. The molecule has 0 bridgehead atoms. The lowest BCUT2D eigenvalue weighted by atomic mass is 9.96. The molecule has 0 fully saturated rings. The molecule has 1 aromatic heterocycles. The zero-order valence-corrected chi connectivity index (χ0v) is 14.8. The monoisotopic (exact) mass is 345 g/mol. The fourth-order valence-electron chi connectivity index (χ4n) is 2.02. The van der Waals surface area contributed by atoms with E-state index in [9.17, 15) is 9.59 Å². The van der Waals surface area contributed by atoms with E-state index in [0.29, 0.717) is 11.6 Å². The van der Waals surface area contributed by atoms with Gasteiger partial charge in [-0.3, -0.25) is 20.0 Å². The first-order chi connectivity index (χ1) is 11.8. The lowest BCUT2D eigenvalue weighted by molar-refractivity contribution is -0.128. The summed E-state index contributed by atoms with van der Waals surface area (Å²) in [5.74, 6) is 0.944. The number of ether oxygens (including phenoxy) is 1. The number of carbonyl (C=O) groups excluding carboxylic acids is 2. The Kier molecular flexibility index (Phi) is 5.74. The predicted molar refractivity (Wildman–Crippen MR) is 94.1 cm³/mol. The first kappa shape index (κ1) is 18.4. The van der Waals surface area contributed by atoms with Crippen molar-refractivity contribution in [3.05, 3.63) is 24.3 Å². The van der Waals surface area contributed by atoms with Gasteiger partial charge in [-0.25, -0.2) is 0 Å². The van der Waals surface area contributed by atoms with Crippen molar-refractivity contribution in [1.29, 1.82) is 0 Å². The molecule has 0 aliphatic rings. The lowest BCUT2D eigenvalue weighted by Gasteiger charge is -2.17. The third-order valence-electron chi connectivity index (χ3n) is 3.42. The van der Waals surface area contributed by atoms with Crippen LogP contribution in [-0.2, 0) is 9.59 Å². The Hall–Kier alpha value is -2.90. The lowest BCUT2D eigenvalue weighted by Crippen LogP contribution is -2.36. The number of hydrogen-bond acceptors (Lipinski definition) is 5. The number of nitrogens with one attached hydrogen (secondary N) is 3. The number of hydrogen-bond donors (Lipinski definition) is 3. The van der Waals surface area contributed by atoms with Gasteiger partial charge in [0.05, 0.1) is 12.7 Å². The highest BCUT2D eigenvalue weighted by Crippen LogP contribution is 2.26. The van der Waals surface area contributed by atoms with Gasteiger partial charge in [0.1, 0.15) is 5.75 Å². The van der Waals surface area contributed by atoms with Gasteiger partial charge in [0, 0.05) is 18.4 Å². The van der Waals surface area contributed by atoms with Gasteiger partial charge in [-0.1, -0.05) is 32.9 Å². The number of rotatable bonds is 6. The van der Waals surface area contributed by atoms with Gasteiger partial charge in [0.2, 0.25) is 17.8 Å². The van der Waals surface area contributed by atoms with Gasteiger partial charge < -0.3 is 10.1 Å². The Morgan fingerprint density at radius 1 is 1.24 bits per heavy atom. The minimum atomic E-state index is -0.482. The van der Waals surface area contributed by atoms with Crippen LogP contribution in [0.3, 0.4) is 0 Å². The topological polar surface area (TPSA) is 109 Å². The number of amides is 2. The number of nitrogens with zero attached hydrogens (tertiary/aromatic N) is 2. The van der Waals surface area contributed by atoms with Crippen LogP contribution in [0.25, 0.3) is 11.4 Å². The standard InChI is InChI=1S/C17H23N5O3/c1-17(2,3)15(24)18-10-9-13(23)19-16-20-14(21-22-16)11-7-5-6-8-12(11)25-4/h5-8H,9-10H2,1-4H3,(H,18,24)(H2,19,20,21,22,23). The second-order valence-electron chi connectivity index (χ2n) is 6.51. The number of para-hydroxylation sites is 1. The number of aromatic amines is 1. The Balaban J connectivity index is 1.91. The molecule has 0 radical (unpaired) electrons. The quantitative estimate of drug-likeness (QED) is 0.741. The van der Waals surface area contributed by atoms with Crippen LogP contribution in [0.5, 0.6) is 5.75 Å². The molecule has 8 heteroatoms. The van der Waals surface area contributed by atoms with Gasteiger partial charge in [-0.05, 0) is 12.1 Å². The number of benzene rings is 1. The van der Waals surface area contributed by atoms with Crippen molar-refractivity contribution in [3.63, 3.8) is 0 Å². The van der Waals surface area contributed by atoms with Crippen molar-refractivity contribution in [1.82, 2.24) is 20.5 Å². The second kappa shape index (κ2) is 7.78. The molecule has 0 saturated heterocycles. The average Bonchev–Trinajstić information content (AvgIpc) is 3.02. The zero-order chi connectivity index (χ0) is 18.4. The molecule has 0 atom stereocenters. The fraction of sp³-hybridized carbons (Fsp3) is 0.412. The normalized spacial score (nSPS) is 11.0. The summed E-state index contributed by atoms with van der Waals surface area (Å²) < 4.78 is 5.28. The molecule has 8 nitrogen and oxygen atoms in total. The third kappa shape index (κ3) is 5.03. The maximum atomic E-state index is 11.9. The SMILES string of the molecule is COc1ccccc1-c1nc(NC(=O)CCNC(=O)C(C)(C)C)n[nH]1. The Labute approximate surface area is 146 Å². The Morgan fingerprint density at radius 2 is 1.96 bits per heavy atom. The van der Waals surface area contributed by atoms with E-state index in [0.717, 1.165) is 5.56 Å². The fourth-order valence-corrected chi connectivity index (χ4v) is 2.02. The van der Waals surface area contributed by atoms with Crippen molar-refractivity contribution in [2.24, 2.45) is 5.41 Å². The molecule has 0 unspecified atom stereocenters. The van der Waals surface area contributed by atoms with E-state index in [1.54, 1.807) is 7.11 Å². The highest BCUT2D eigenvalue weighted by Gasteiger charge is 2.20. The smallest absolute Gasteiger partial charge is 0.249 e. The Morgan fingerprint density at radius 3 is 2.64 bits per heavy atom. The minimum Gasteiger partial charge on any atom is -0.496 e. The van der Waals surface area contributed by atoms with E-state index in [2.05, 4.69) is 25.8 Å². The molecule has 25 heavy (non-hydrogen) atoms. The van der Waals surface area contributed by atoms with Crippen LogP contribution >= 0.6 is 0 Å². The minimum absolute atomic E-state index is 0.100. The van der Waals surface area contributed by atoms with Crippen molar-refractivity contribution in [3.8, 4) is 17.1 Å². The number of H-pyrrole nitrogens is 1. The number of anilines is 1. The van der Waals surface area contributed by atoms with E-state index in [1.807, 2.05) is 45.0 Å². The Bertz CT molecular complexity index is 749. The number of aromatic nitrogens is 3. The molecule has 0 aliphatic heterocycles. The third-order valence-corrected chi connectivity index (χ3v) is 3.42. The van der Waals surface area contributed by atoms with Gasteiger partial charge >= 0.3 is 0 Å². The van der Waals surface area contributed by atoms with Gasteiger partial charge in [-0.15, -0.1) is 5.10 Å². The predicted octanol–water partition coefficient (Wildman–Crippen LogP) is 1.97. The first-order valence-corrected chi connectivity index (χ1v) is 7.95. The summed E-state index contributed by atoms with van der Waals surface area (Å²) in [4.78, 5) is 27.9. The first-order valence-electron chi connectivity index (χ1n) is 7.95. The van der Waals surface area contributed by atoms with Crippen molar-refractivity contribution < 1.29 is 14.3 Å². The van der Waals surface area contributed by atoms with Crippen LogP contribution in [0.15, 0.2) is 24.3 Å². The summed E-state index contributed by atoms with van der Waals surface area (Å²) in [6, 6.07) is 7.37. The highest BCUT2D eigenvalue weighted by atomic mass is 16.5. The van der Waals surface area contributed by atoms with Gasteiger partial charge in [0.25, 0.3) is 0 Å². The van der Waals surface area contributed by atoms with E-state index in [-0.39, 0.29) is 30.7 Å². The van der Waals surface area contributed by atoms with Crippen LogP contribution in [0, 0.1) is 5.41 Å². The van der Waals surface area contributed by atoms with Crippen molar-refractivity contribution >= 4 is 17.8 Å². The largest absolute Gasteiger partial charge is 0.496 e. The molecule has 2 amide bonds. The highest BCUT2D eigenvalue weighted by molar-refractivity contribution is 5.90. The summed E-state index contributed by atoms with van der Waals surface area (Å²) >= 11 is 0. The molecule has 0 saturated carbocycles.